The molecule has 0 radical (unpaired) electrons. The highest BCUT2D eigenvalue weighted by atomic mass is 16.5. The van der Waals surface area contributed by atoms with Gasteiger partial charge in [0.15, 0.2) is 0 Å². The van der Waals surface area contributed by atoms with Crippen LogP contribution in [0.5, 0.6) is 0 Å². The summed E-state index contributed by atoms with van der Waals surface area (Å²) >= 11 is 0. The summed E-state index contributed by atoms with van der Waals surface area (Å²) in [5.41, 5.74) is 5.63. The fraction of sp³-hybridized carbons (Fsp3) is 0.348. The Kier molecular flexibility index (Phi) is 4.29. The van der Waals surface area contributed by atoms with Gasteiger partial charge in [-0.05, 0) is 63.2 Å². The van der Waals surface area contributed by atoms with Gasteiger partial charge in [-0.25, -0.2) is 4.98 Å². The first kappa shape index (κ1) is 17.2. The average molecular weight is 346 g/mol. The minimum Gasteiger partial charge on any atom is -0.372 e. The highest BCUT2D eigenvalue weighted by molar-refractivity contribution is 5.81. The summed E-state index contributed by atoms with van der Waals surface area (Å²) in [6.45, 7) is 2.21. The van der Waals surface area contributed by atoms with Gasteiger partial charge in [0.1, 0.15) is 5.60 Å². The van der Waals surface area contributed by atoms with Crippen LogP contribution >= 0.6 is 0 Å². The van der Waals surface area contributed by atoms with Crippen molar-refractivity contribution in [1.29, 1.82) is 0 Å². The van der Waals surface area contributed by atoms with Crippen LogP contribution < -0.4 is 0 Å². The van der Waals surface area contributed by atoms with Crippen LogP contribution in [0.4, 0.5) is 0 Å². The molecule has 0 bridgehead atoms. The number of benzene rings is 2. The molecule has 3 nitrogen and oxygen atoms in total. The Morgan fingerprint density at radius 3 is 2.65 bits per heavy atom. The van der Waals surface area contributed by atoms with Crippen LogP contribution in [0.2, 0.25) is 0 Å². The van der Waals surface area contributed by atoms with Crippen molar-refractivity contribution in [2.75, 3.05) is 21.2 Å². The van der Waals surface area contributed by atoms with Gasteiger partial charge >= 0.3 is 0 Å². The average Bonchev–Trinajstić information content (AvgIpc) is 2.67. The monoisotopic (exact) mass is 346 g/mol. The Balaban J connectivity index is 1.77. The van der Waals surface area contributed by atoms with Crippen LogP contribution in [0.15, 0.2) is 54.6 Å². The molecule has 3 heteroatoms. The first-order chi connectivity index (χ1) is 12.5. The molecule has 3 aromatic rings. The van der Waals surface area contributed by atoms with E-state index in [1.807, 2.05) is 13.2 Å². The molecule has 4 rings (SSSR count). The van der Waals surface area contributed by atoms with Crippen LogP contribution in [0.1, 0.15) is 24.5 Å². The zero-order valence-corrected chi connectivity index (χ0v) is 16.0. The van der Waals surface area contributed by atoms with Gasteiger partial charge in [-0.15, -0.1) is 0 Å². The predicted molar refractivity (Wildman–Crippen MR) is 107 cm³/mol. The smallest absolute Gasteiger partial charge is 0.106 e. The van der Waals surface area contributed by atoms with E-state index in [9.17, 15) is 0 Å². The fourth-order valence-electron chi connectivity index (χ4n) is 4.42. The molecule has 1 aromatic heterocycles. The van der Waals surface area contributed by atoms with Crippen molar-refractivity contribution >= 4 is 10.9 Å². The van der Waals surface area contributed by atoms with E-state index in [2.05, 4.69) is 74.4 Å². The van der Waals surface area contributed by atoms with Gasteiger partial charge in [-0.1, -0.05) is 36.4 Å². The molecule has 1 heterocycles. The van der Waals surface area contributed by atoms with Crippen LogP contribution in [-0.4, -0.2) is 37.1 Å². The molecule has 134 valence electrons. The number of nitrogens with zero attached hydrogens (tertiary/aromatic N) is 2. The van der Waals surface area contributed by atoms with E-state index in [0.29, 0.717) is 6.04 Å². The third-order valence-electron chi connectivity index (χ3n) is 5.90. The highest BCUT2D eigenvalue weighted by Crippen LogP contribution is 2.41. The van der Waals surface area contributed by atoms with E-state index in [0.717, 1.165) is 24.1 Å². The van der Waals surface area contributed by atoms with Crippen LogP contribution in [0.25, 0.3) is 22.2 Å². The van der Waals surface area contributed by atoms with Gasteiger partial charge in [0.25, 0.3) is 0 Å². The molecule has 0 saturated heterocycles. The van der Waals surface area contributed by atoms with Crippen LogP contribution in [0, 0.1) is 0 Å². The lowest BCUT2D eigenvalue weighted by Crippen LogP contribution is -2.50. The number of fused-ring (bicyclic) bond motifs is 2. The first-order valence-electron chi connectivity index (χ1n) is 9.24. The van der Waals surface area contributed by atoms with Gasteiger partial charge in [0.05, 0.1) is 11.2 Å². The summed E-state index contributed by atoms with van der Waals surface area (Å²) in [5, 5.41) is 1.18. The zero-order chi connectivity index (χ0) is 18.3. The lowest BCUT2D eigenvalue weighted by atomic mass is 9.75. The number of aromatic nitrogens is 1. The normalized spacial score (nSPS) is 22.6. The van der Waals surface area contributed by atoms with E-state index < -0.39 is 0 Å². The van der Waals surface area contributed by atoms with Crippen molar-refractivity contribution in [2.45, 2.75) is 31.4 Å². The number of aryl methyl sites for hydroxylation is 1. The largest absolute Gasteiger partial charge is 0.372 e. The summed E-state index contributed by atoms with van der Waals surface area (Å²) in [5.74, 6) is 0. The van der Waals surface area contributed by atoms with Crippen LogP contribution in [-0.2, 0) is 16.8 Å². The van der Waals surface area contributed by atoms with Gasteiger partial charge in [0.2, 0.25) is 0 Å². The Morgan fingerprint density at radius 2 is 1.88 bits per heavy atom. The number of methoxy groups -OCH3 is 1. The molecule has 0 fully saturated rings. The Bertz CT molecular complexity index is 950. The van der Waals surface area contributed by atoms with E-state index >= 15 is 0 Å². The number of likely N-dealkylation sites (N-methyl/N-ethyl adjacent to an activating group) is 1. The van der Waals surface area contributed by atoms with E-state index in [4.69, 9.17) is 9.72 Å². The number of hydrogen-bond acceptors (Lipinski definition) is 3. The topological polar surface area (TPSA) is 25.4 Å². The summed E-state index contributed by atoms with van der Waals surface area (Å²) in [4.78, 5) is 7.14. The quantitative estimate of drug-likeness (QED) is 0.691. The van der Waals surface area contributed by atoms with Gasteiger partial charge in [-0.2, -0.15) is 0 Å². The molecule has 1 aliphatic carbocycles. The molecule has 2 atom stereocenters. The minimum atomic E-state index is -0.285. The van der Waals surface area contributed by atoms with Crippen molar-refractivity contribution in [3.63, 3.8) is 0 Å². The Hall–Kier alpha value is -2.23. The lowest BCUT2D eigenvalue weighted by Gasteiger charge is -2.45. The van der Waals surface area contributed by atoms with Crippen LogP contribution in [0.3, 0.4) is 0 Å². The molecule has 0 spiro atoms. The lowest BCUT2D eigenvalue weighted by molar-refractivity contribution is -0.0686. The first-order valence-corrected chi connectivity index (χ1v) is 9.24. The summed E-state index contributed by atoms with van der Waals surface area (Å²) in [7, 11) is 6.10. The second-order valence-corrected chi connectivity index (χ2v) is 7.59. The zero-order valence-electron chi connectivity index (χ0n) is 16.0. The van der Waals surface area contributed by atoms with E-state index in [-0.39, 0.29) is 5.60 Å². The second kappa shape index (κ2) is 6.49. The maximum Gasteiger partial charge on any atom is 0.106 e. The summed E-state index contributed by atoms with van der Waals surface area (Å²) in [6.07, 6.45) is 2.16. The molecule has 26 heavy (non-hydrogen) atoms. The SMILES string of the molecule is COC1(C)c2ccc(-c3ccc4ccccc4n3)cc2CCC1N(C)C. The van der Waals surface area contributed by atoms with Crippen molar-refractivity contribution in [1.82, 2.24) is 9.88 Å². The Labute approximate surface area is 155 Å². The number of hydrogen-bond donors (Lipinski definition) is 0. The predicted octanol–water partition coefficient (Wildman–Crippen LogP) is 4.64. The fourth-order valence-corrected chi connectivity index (χ4v) is 4.42. The van der Waals surface area contributed by atoms with Crippen molar-refractivity contribution in [2.24, 2.45) is 0 Å². The van der Waals surface area contributed by atoms with Crippen molar-refractivity contribution in [3.05, 3.63) is 65.7 Å². The third kappa shape index (κ3) is 2.72. The van der Waals surface area contributed by atoms with E-state index in [1.54, 1.807) is 0 Å². The van der Waals surface area contributed by atoms with Gasteiger partial charge in [0, 0.05) is 24.1 Å². The molecule has 2 aromatic carbocycles. The summed E-state index contributed by atoms with van der Waals surface area (Å²) < 4.78 is 6.02. The number of para-hydroxylation sites is 1. The standard InChI is InChI=1S/C23H26N2O/c1-23(26-4)19-12-9-18(15-17(19)11-14-22(23)25(2)3)21-13-10-16-7-5-6-8-20(16)24-21/h5-10,12-13,15,22H,11,14H2,1-4H3. The second-order valence-electron chi connectivity index (χ2n) is 7.59. The Morgan fingerprint density at radius 1 is 1.08 bits per heavy atom. The molecule has 0 N–H and O–H groups in total. The highest BCUT2D eigenvalue weighted by Gasteiger charge is 2.41. The number of rotatable bonds is 3. The van der Waals surface area contributed by atoms with Gasteiger partial charge in [-0.3, -0.25) is 0 Å². The van der Waals surface area contributed by atoms with Crippen molar-refractivity contribution < 1.29 is 4.74 Å². The molecule has 0 aliphatic heterocycles. The minimum absolute atomic E-state index is 0.285. The summed E-state index contributed by atoms with van der Waals surface area (Å²) in [6, 6.07) is 19.6. The molecular formula is C23H26N2O. The number of pyridine rings is 1. The number of ether oxygens (including phenoxy) is 1. The molecular weight excluding hydrogens is 320 g/mol. The molecule has 2 unspecified atom stereocenters. The van der Waals surface area contributed by atoms with E-state index in [1.165, 1.54) is 22.1 Å². The molecule has 0 saturated carbocycles. The van der Waals surface area contributed by atoms with Gasteiger partial charge < -0.3 is 9.64 Å². The molecule has 0 amide bonds. The van der Waals surface area contributed by atoms with Crippen molar-refractivity contribution in [3.8, 4) is 11.3 Å². The maximum absolute atomic E-state index is 6.02. The molecule has 1 aliphatic rings. The third-order valence-corrected chi connectivity index (χ3v) is 5.90. The maximum atomic E-state index is 6.02.